The van der Waals surface area contributed by atoms with Gasteiger partial charge in [-0.1, -0.05) is 39.0 Å². The zero-order valence-corrected chi connectivity index (χ0v) is 22.5. The van der Waals surface area contributed by atoms with Crippen LogP contribution >= 0.6 is 0 Å². The van der Waals surface area contributed by atoms with E-state index < -0.39 is 5.97 Å². The number of hydrogen-bond acceptors (Lipinski definition) is 6. The number of ether oxygens (including phenoxy) is 2. The molecule has 0 aliphatic carbocycles. The highest BCUT2D eigenvalue weighted by Gasteiger charge is 2.25. The van der Waals surface area contributed by atoms with Gasteiger partial charge >= 0.3 is 5.97 Å². The fourth-order valence-electron chi connectivity index (χ4n) is 4.79. The smallest absolute Gasteiger partial charge is 0.303 e. The van der Waals surface area contributed by atoms with Crippen LogP contribution in [0.2, 0.25) is 0 Å². The Hall–Kier alpha value is -3.55. The summed E-state index contributed by atoms with van der Waals surface area (Å²) in [4.78, 5) is 16.5. The molecule has 1 atom stereocenters. The lowest BCUT2D eigenvalue weighted by atomic mass is 9.82. The van der Waals surface area contributed by atoms with Gasteiger partial charge in [-0.2, -0.15) is 5.10 Å². The normalized spacial score (nSPS) is 14.0. The molecular formula is C29H38N4O4. The number of carboxylic acids is 1. The van der Waals surface area contributed by atoms with Crippen LogP contribution in [0.25, 0.3) is 0 Å². The Bertz CT molecular complexity index is 1250. The average Bonchev–Trinajstić information content (AvgIpc) is 3.21. The molecule has 1 aliphatic heterocycles. The van der Waals surface area contributed by atoms with Crippen LogP contribution in [0.5, 0.6) is 11.6 Å². The predicted octanol–water partition coefficient (Wildman–Crippen LogP) is 4.90. The fourth-order valence-corrected chi connectivity index (χ4v) is 4.79. The molecule has 0 saturated heterocycles. The fraction of sp³-hybridized carbons (Fsp3) is 0.483. The number of hydrogen-bond donors (Lipinski definition) is 2. The molecule has 8 nitrogen and oxygen atoms in total. The monoisotopic (exact) mass is 506 g/mol. The number of carboxylic acid groups (broad SMARTS) is 1. The van der Waals surface area contributed by atoms with Crippen molar-refractivity contribution in [2.24, 2.45) is 7.05 Å². The molecule has 4 rings (SSSR count). The summed E-state index contributed by atoms with van der Waals surface area (Å²) < 4.78 is 13.4. The van der Waals surface area contributed by atoms with Gasteiger partial charge in [0.15, 0.2) is 0 Å². The van der Waals surface area contributed by atoms with E-state index in [9.17, 15) is 9.90 Å². The van der Waals surface area contributed by atoms with Crippen LogP contribution in [-0.2, 0) is 36.5 Å². The number of nitrogens with zero attached hydrogens (tertiary/aromatic N) is 3. The predicted molar refractivity (Wildman–Crippen MR) is 144 cm³/mol. The third-order valence-corrected chi connectivity index (χ3v) is 6.86. The lowest BCUT2D eigenvalue weighted by molar-refractivity contribution is -0.137. The van der Waals surface area contributed by atoms with Crippen molar-refractivity contribution in [3.05, 3.63) is 64.5 Å². The van der Waals surface area contributed by atoms with Crippen LogP contribution in [0.1, 0.15) is 67.6 Å². The molecule has 8 heteroatoms. The Morgan fingerprint density at radius 3 is 2.73 bits per heavy atom. The van der Waals surface area contributed by atoms with Crippen LogP contribution in [0.15, 0.2) is 36.4 Å². The zero-order valence-electron chi connectivity index (χ0n) is 22.5. The largest absolute Gasteiger partial charge is 0.496 e. The van der Waals surface area contributed by atoms with E-state index in [1.54, 1.807) is 11.8 Å². The minimum atomic E-state index is -0.854. The first kappa shape index (κ1) is 26.5. The SMILES string of the molecule is COc1ccc(C(C)(C)C)cc1C(CC(=O)O)Cc1cc(OCCc2ccc3c(n2)NCCC3)n(C)n1. The number of benzene rings is 1. The lowest BCUT2D eigenvalue weighted by Gasteiger charge is -2.24. The van der Waals surface area contributed by atoms with Gasteiger partial charge in [0.2, 0.25) is 5.88 Å². The first-order valence-corrected chi connectivity index (χ1v) is 12.9. The number of pyridine rings is 1. The number of rotatable bonds is 10. The van der Waals surface area contributed by atoms with Crippen LogP contribution in [0, 0.1) is 0 Å². The van der Waals surface area contributed by atoms with E-state index in [1.165, 1.54) is 5.56 Å². The van der Waals surface area contributed by atoms with Gasteiger partial charge in [0.1, 0.15) is 11.6 Å². The summed E-state index contributed by atoms with van der Waals surface area (Å²) in [5.74, 6) is 1.19. The van der Waals surface area contributed by atoms with E-state index in [-0.39, 0.29) is 17.8 Å². The summed E-state index contributed by atoms with van der Waals surface area (Å²) in [6, 6.07) is 12.2. The first-order chi connectivity index (χ1) is 17.6. The van der Waals surface area contributed by atoms with Gasteiger partial charge in [-0.25, -0.2) is 9.67 Å². The topological polar surface area (TPSA) is 98.5 Å². The summed E-state index contributed by atoms with van der Waals surface area (Å²) in [6.45, 7) is 7.87. The van der Waals surface area contributed by atoms with Crippen molar-refractivity contribution in [2.75, 3.05) is 25.6 Å². The van der Waals surface area contributed by atoms with Crippen LogP contribution in [-0.4, -0.2) is 46.1 Å². The van der Waals surface area contributed by atoms with Crippen molar-refractivity contribution in [1.29, 1.82) is 0 Å². The third kappa shape index (κ3) is 6.61. The van der Waals surface area contributed by atoms with Gasteiger partial charge in [-0.15, -0.1) is 0 Å². The average molecular weight is 507 g/mol. The van der Waals surface area contributed by atoms with E-state index in [0.29, 0.717) is 31.1 Å². The molecule has 0 saturated carbocycles. The molecule has 2 N–H and O–H groups in total. The van der Waals surface area contributed by atoms with Crippen LogP contribution in [0.3, 0.4) is 0 Å². The molecule has 0 amide bonds. The third-order valence-electron chi connectivity index (χ3n) is 6.86. The molecule has 2 aromatic heterocycles. The summed E-state index contributed by atoms with van der Waals surface area (Å²) in [5.41, 5.74) is 5.00. The zero-order chi connectivity index (χ0) is 26.6. The highest BCUT2D eigenvalue weighted by Crippen LogP contribution is 2.36. The number of aryl methyl sites for hydroxylation is 2. The van der Waals surface area contributed by atoms with E-state index in [4.69, 9.17) is 14.5 Å². The van der Waals surface area contributed by atoms with Gasteiger partial charge in [0.05, 0.1) is 25.8 Å². The van der Waals surface area contributed by atoms with Crippen molar-refractivity contribution in [1.82, 2.24) is 14.8 Å². The molecule has 3 heterocycles. The molecule has 1 unspecified atom stereocenters. The Morgan fingerprint density at radius 2 is 2.00 bits per heavy atom. The minimum Gasteiger partial charge on any atom is -0.496 e. The first-order valence-electron chi connectivity index (χ1n) is 12.9. The number of fused-ring (bicyclic) bond motifs is 1. The molecule has 0 fully saturated rings. The number of methoxy groups -OCH3 is 1. The van der Waals surface area contributed by atoms with Gasteiger partial charge in [-0.05, 0) is 53.5 Å². The summed E-state index contributed by atoms with van der Waals surface area (Å²) in [7, 11) is 3.46. The van der Waals surface area contributed by atoms with E-state index >= 15 is 0 Å². The molecule has 1 aromatic carbocycles. The van der Waals surface area contributed by atoms with Crippen molar-refractivity contribution in [2.45, 2.75) is 64.2 Å². The molecule has 1 aliphatic rings. The molecule has 0 spiro atoms. The maximum Gasteiger partial charge on any atom is 0.303 e. The second kappa shape index (κ2) is 11.2. The maximum absolute atomic E-state index is 11.8. The second-order valence-electron chi connectivity index (χ2n) is 10.7. The Labute approximate surface area is 219 Å². The van der Waals surface area contributed by atoms with Crippen molar-refractivity contribution < 1.29 is 19.4 Å². The lowest BCUT2D eigenvalue weighted by Crippen LogP contribution is -2.15. The number of nitrogens with one attached hydrogen (secondary N) is 1. The number of aliphatic carboxylic acids is 1. The highest BCUT2D eigenvalue weighted by molar-refractivity contribution is 5.68. The maximum atomic E-state index is 11.8. The second-order valence-corrected chi connectivity index (χ2v) is 10.7. The molecule has 198 valence electrons. The van der Waals surface area contributed by atoms with Gasteiger partial charge in [0.25, 0.3) is 0 Å². The van der Waals surface area contributed by atoms with Gasteiger partial charge in [0, 0.05) is 37.7 Å². The highest BCUT2D eigenvalue weighted by atomic mass is 16.5. The Morgan fingerprint density at radius 1 is 1.19 bits per heavy atom. The number of aromatic nitrogens is 3. The standard InChI is InChI=1S/C29H38N4O4/c1-29(2,3)21-9-11-25(36-5)24(17-21)20(16-27(34)35)15-23-18-26(33(4)32-23)37-14-12-22-10-8-19-7-6-13-30-28(19)31-22/h8-11,17-18,20H,6-7,12-16H2,1-5H3,(H,30,31)(H,34,35). The van der Waals surface area contributed by atoms with Crippen LogP contribution < -0.4 is 14.8 Å². The summed E-state index contributed by atoms with van der Waals surface area (Å²) >= 11 is 0. The van der Waals surface area contributed by atoms with Gasteiger partial charge in [-0.3, -0.25) is 4.79 Å². The number of anilines is 1. The van der Waals surface area contributed by atoms with Crippen LogP contribution in [0.4, 0.5) is 5.82 Å². The van der Waals surface area contributed by atoms with Crippen molar-refractivity contribution in [3.63, 3.8) is 0 Å². The summed E-state index contributed by atoms with van der Waals surface area (Å²) in [5, 5.41) is 17.7. The van der Waals surface area contributed by atoms with E-state index in [1.807, 2.05) is 25.2 Å². The molecular weight excluding hydrogens is 468 g/mol. The number of carbonyl (C=O) groups is 1. The summed E-state index contributed by atoms with van der Waals surface area (Å²) in [6.07, 6.45) is 3.34. The minimum absolute atomic E-state index is 0.0191. The molecule has 3 aromatic rings. The van der Waals surface area contributed by atoms with Crippen molar-refractivity contribution >= 4 is 11.8 Å². The van der Waals surface area contributed by atoms with Gasteiger partial charge < -0.3 is 19.9 Å². The van der Waals surface area contributed by atoms with E-state index in [2.05, 4.69) is 49.4 Å². The molecule has 0 bridgehead atoms. The Kier molecular flexibility index (Phi) is 8.05. The quantitative estimate of drug-likeness (QED) is 0.403. The van der Waals surface area contributed by atoms with Crippen molar-refractivity contribution in [3.8, 4) is 11.6 Å². The molecule has 37 heavy (non-hydrogen) atoms. The molecule has 0 radical (unpaired) electrons. The van der Waals surface area contributed by atoms with E-state index in [0.717, 1.165) is 47.7 Å². The Balaban J connectivity index is 1.47.